The molecule has 0 amide bonds. The smallest absolute Gasteiger partial charge is 0.230 e. The molecule has 1 aromatic heterocycles. The highest BCUT2D eigenvalue weighted by Crippen LogP contribution is 2.34. The van der Waals surface area contributed by atoms with Crippen LogP contribution in [0.4, 0.5) is 17.3 Å². The lowest BCUT2D eigenvalue weighted by Gasteiger charge is -2.24. The van der Waals surface area contributed by atoms with Gasteiger partial charge in [0.1, 0.15) is 11.6 Å². The van der Waals surface area contributed by atoms with Crippen molar-refractivity contribution in [2.45, 2.75) is 96.4 Å². The lowest BCUT2D eigenvalue weighted by molar-refractivity contribution is 0.450. The zero-order valence-electron chi connectivity index (χ0n) is 21.1. The van der Waals surface area contributed by atoms with E-state index in [9.17, 15) is 0 Å². The van der Waals surface area contributed by atoms with Gasteiger partial charge in [-0.3, -0.25) is 0 Å². The molecule has 6 nitrogen and oxygen atoms in total. The summed E-state index contributed by atoms with van der Waals surface area (Å²) < 4.78 is 0. The molecule has 0 radical (unpaired) electrons. The van der Waals surface area contributed by atoms with Crippen LogP contribution >= 0.6 is 11.6 Å². The molecule has 1 aliphatic heterocycles. The maximum Gasteiger partial charge on any atom is 0.230 e. The minimum Gasteiger partial charge on any atom is -0.371 e. The number of aromatic nitrogens is 3. The molecule has 7 heteroatoms. The third kappa shape index (κ3) is 6.01. The van der Waals surface area contributed by atoms with E-state index in [0.717, 1.165) is 54.1 Å². The summed E-state index contributed by atoms with van der Waals surface area (Å²) in [4.78, 5) is 17.3. The van der Waals surface area contributed by atoms with Crippen LogP contribution in [-0.2, 0) is 0 Å². The van der Waals surface area contributed by atoms with Crippen molar-refractivity contribution in [2.75, 3.05) is 29.9 Å². The van der Waals surface area contributed by atoms with Crippen LogP contribution in [0.25, 0.3) is 0 Å². The van der Waals surface area contributed by atoms with Crippen LogP contribution in [0.15, 0.2) is 18.2 Å². The molecule has 1 aromatic carbocycles. The van der Waals surface area contributed by atoms with E-state index in [0.29, 0.717) is 23.8 Å². The first kappa shape index (κ1) is 25.2. The second kappa shape index (κ2) is 12.2. The van der Waals surface area contributed by atoms with Gasteiger partial charge in [-0.25, -0.2) is 4.98 Å². The molecule has 1 saturated carbocycles. The standard InChI is InChI=1S/C27H41ClN6/c1-4-21(23-14-11-17-29-23)26-31-25(19-12-9-7-8-10-13-19)32-27(33-26)30-20-15-16-24(22(28)18-20)34(5-2)6-3/h15-16,18-19,21,23,29H,4-14,17H2,1-3H3,(H,30,31,32,33). The van der Waals surface area contributed by atoms with E-state index >= 15 is 0 Å². The van der Waals surface area contributed by atoms with Gasteiger partial charge in [-0.05, 0) is 70.7 Å². The Kier molecular flexibility index (Phi) is 9.01. The van der Waals surface area contributed by atoms with Crippen molar-refractivity contribution in [1.82, 2.24) is 20.3 Å². The third-order valence-electron chi connectivity index (χ3n) is 7.55. The fraction of sp³-hybridized carbons (Fsp3) is 0.667. The summed E-state index contributed by atoms with van der Waals surface area (Å²) in [6.45, 7) is 9.49. The number of hydrogen-bond donors (Lipinski definition) is 2. The van der Waals surface area contributed by atoms with E-state index in [1.54, 1.807) is 0 Å². The summed E-state index contributed by atoms with van der Waals surface area (Å²) in [5.74, 6) is 3.28. The van der Waals surface area contributed by atoms with Gasteiger partial charge in [0.05, 0.1) is 10.7 Å². The predicted octanol–water partition coefficient (Wildman–Crippen LogP) is 6.80. The van der Waals surface area contributed by atoms with Crippen LogP contribution in [0.5, 0.6) is 0 Å². The zero-order chi connectivity index (χ0) is 23.9. The van der Waals surface area contributed by atoms with Crippen molar-refractivity contribution >= 4 is 28.9 Å². The molecule has 2 N–H and O–H groups in total. The Labute approximate surface area is 210 Å². The Balaban J connectivity index is 1.65. The molecule has 2 fully saturated rings. The summed E-state index contributed by atoms with van der Waals surface area (Å²) in [6.07, 6.45) is 10.9. The number of nitrogens with zero attached hydrogens (tertiary/aromatic N) is 4. The van der Waals surface area contributed by atoms with E-state index in [1.807, 2.05) is 6.07 Å². The average molecular weight is 485 g/mol. The van der Waals surface area contributed by atoms with Crippen molar-refractivity contribution in [3.63, 3.8) is 0 Å². The van der Waals surface area contributed by atoms with Gasteiger partial charge in [-0.15, -0.1) is 0 Å². The highest BCUT2D eigenvalue weighted by atomic mass is 35.5. The highest BCUT2D eigenvalue weighted by molar-refractivity contribution is 6.33. The lowest BCUT2D eigenvalue weighted by atomic mass is 9.94. The van der Waals surface area contributed by atoms with Gasteiger partial charge < -0.3 is 15.5 Å². The normalized spacial score (nSPS) is 20.2. The molecule has 186 valence electrons. The monoisotopic (exact) mass is 484 g/mol. The second-order valence-electron chi connectivity index (χ2n) is 9.74. The SMILES string of the molecule is CCC(c1nc(Nc2ccc(N(CC)CC)c(Cl)c2)nc(C2CCCCCC2)n1)C1CCCN1. The fourth-order valence-electron chi connectivity index (χ4n) is 5.59. The van der Waals surface area contributed by atoms with E-state index in [4.69, 9.17) is 26.6 Å². The first-order valence-corrected chi connectivity index (χ1v) is 13.8. The predicted molar refractivity (Wildman–Crippen MR) is 143 cm³/mol. The van der Waals surface area contributed by atoms with Gasteiger partial charge in [0.25, 0.3) is 0 Å². The van der Waals surface area contributed by atoms with E-state index < -0.39 is 0 Å². The van der Waals surface area contributed by atoms with Gasteiger partial charge in [0, 0.05) is 36.7 Å². The summed E-state index contributed by atoms with van der Waals surface area (Å²) in [5.41, 5.74) is 1.97. The molecule has 2 aliphatic rings. The first-order chi connectivity index (χ1) is 16.6. The zero-order valence-corrected chi connectivity index (χ0v) is 21.9. The quantitative estimate of drug-likeness (QED) is 0.381. The number of anilines is 3. The molecule has 2 atom stereocenters. The summed E-state index contributed by atoms with van der Waals surface area (Å²) in [7, 11) is 0. The van der Waals surface area contributed by atoms with Gasteiger partial charge in [0.15, 0.2) is 0 Å². The van der Waals surface area contributed by atoms with E-state index in [-0.39, 0.29) is 0 Å². The number of halogens is 1. The minimum atomic E-state index is 0.309. The number of nitrogens with one attached hydrogen (secondary N) is 2. The van der Waals surface area contributed by atoms with Gasteiger partial charge >= 0.3 is 0 Å². The maximum absolute atomic E-state index is 6.67. The molecule has 4 rings (SSSR count). The second-order valence-corrected chi connectivity index (χ2v) is 10.2. The van der Waals surface area contributed by atoms with E-state index in [1.165, 1.54) is 51.4 Å². The van der Waals surface area contributed by atoms with Crippen LogP contribution in [0.2, 0.25) is 5.02 Å². The van der Waals surface area contributed by atoms with Gasteiger partial charge in [-0.2, -0.15) is 9.97 Å². The maximum atomic E-state index is 6.67. The molecule has 34 heavy (non-hydrogen) atoms. The number of rotatable bonds is 9. The van der Waals surface area contributed by atoms with Crippen molar-refractivity contribution in [1.29, 1.82) is 0 Å². The molecule has 1 aliphatic carbocycles. The Morgan fingerprint density at radius 2 is 1.76 bits per heavy atom. The van der Waals surface area contributed by atoms with Crippen LogP contribution in [0, 0.1) is 0 Å². The van der Waals surface area contributed by atoms with Crippen molar-refractivity contribution in [3.8, 4) is 0 Å². The molecule has 2 aromatic rings. The molecule has 0 bridgehead atoms. The van der Waals surface area contributed by atoms with Crippen LogP contribution in [0.1, 0.15) is 102 Å². The molecule has 2 unspecified atom stereocenters. The first-order valence-electron chi connectivity index (χ1n) is 13.4. The number of benzene rings is 1. The van der Waals surface area contributed by atoms with Crippen LogP contribution < -0.4 is 15.5 Å². The third-order valence-corrected chi connectivity index (χ3v) is 7.86. The average Bonchev–Trinajstić information content (AvgIpc) is 3.22. The topological polar surface area (TPSA) is 66.0 Å². The van der Waals surface area contributed by atoms with Crippen molar-refractivity contribution < 1.29 is 0 Å². The van der Waals surface area contributed by atoms with E-state index in [2.05, 4.69) is 48.4 Å². The number of hydrogen-bond acceptors (Lipinski definition) is 6. The Morgan fingerprint density at radius 1 is 1.00 bits per heavy atom. The lowest BCUT2D eigenvalue weighted by Crippen LogP contribution is -2.30. The molecular weight excluding hydrogens is 444 g/mol. The Morgan fingerprint density at radius 3 is 2.38 bits per heavy atom. The molecule has 1 saturated heterocycles. The van der Waals surface area contributed by atoms with Gasteiger partial charge in [0.2, 0.25) is 5.95 Å². The Hall–Kier alpha value is -1.92. The van der Waals surface area contributed by atoms with Crippen molar-refractivity contribution in [2.24, 2.45) is 0 Å². The highest BCUT2D eigenvalue weighted by Gasteiger charge is 2.29. The van der Waals surface area contributed by atoms with Crippen molar-refractivity contribution in [3.05, 3.63) is 34.9 Å². The van der Waals surface area contributed by atoms with Gasteiger partial charge in [-0.1, -0.05) is 44.2 Å². The fourth-order valence-corrected chi connectivity index (χ4v) is 5.89. The molecule has 2 heterocycles. The van der Waals surface area contributed by atoms with Crippen LogP contribution in [0.3, 0.4) is 0 Å². The minimum absolute atomic E-state index is 0.309. The summed E-state index contributed by atoms with van der Waals surface area (Å²) in [5, 5.41) is 7.89. The Bertz CT molecular complexity index is 917. The largest absolute Gasteiger partial charge is 0.371 e. The molecule has 0 spiro atoms. The summed E-state index contributed by atoms with van der Waals surface area (Å²) >= 11 is 6.67. The molecular formula is C27H41ClN6. The summed E-state index contributed by atoms with van der Waals surface area (Å²) in [6, 6.07) is 6.60. The van der Waals surface area contributed by atoms with Crippen LogP contribution in [-0.4, -0.2) is 40.6 Å².